The minimum Gasteiger partial charge on any atom is -0.506 e. The van der Waals surface area contributed by atoms with Crippen molar-refractivity contribution in [1.29, 1.82) is 0 Å². The zero-order valence-electron chi connectivity index (χ0n) is 9.10. The summed E-state index contributed by atoms with van der Waals surface area (Å²) in [6.45, 7) is 0.0112. The smallest absolute Gasteiger partial charge is 0.275 e. The summed E-state index contributed by atoms with van der Waals surface area (Å²) < 4.78 is 1.07. The van der Waals surface area contributed by atoms with Gasteiger partial charge in [-0.1, -0.05) is 23.2 Å². The SMILES string of the molecule is NCc1nn(-c2ccc(Cl)cc2Cl)c(=O)cc1O. The van der Waals surface area contributed by atoms with Crippen LogP contribution in [0.4, 0.5) is 0 Å². The lowest BCUT2D eigenvalue weighted by Gasteiger charge is -2.09. The molecular formula is C11H9Cl2N3O2. The number of aromatic hydroxyl groups is 1. The molecule has 0 amide bonds. The second-order valence-corrected chi connectivity index (χ2v) is 4.37. The number of hydrogen-bond donors (Lipinski definition) is 2. The van der Waals surface area contributed by atoms with Gasteiger partial charge in [-0.05, 0) is 18.2 Å². The van der Waals surface area contributed by atoms with Gasteiger partial charge in [-0.2, -0.15) is 9.78 Å². The van der Waals surface area contributed by atoms with Crippen molar-refractivity contribution in [3.05, 3.63) is 50.4 Å². The van der Waals surface area contributed by atoms with E-state index < -0.39 is 5.56 Å². The van der Waals surface area contributed by atoms with Crippen LogP contribution in [0.25, 0.3) is 5.69 Å². The van der Waals surface area contributed by atoms with Gasteiger partial charge < -0.3 is 10.8 Å². The van der Waals surface area contributed by atoms with Gasteiger partial charge in [0.15, 0.2) is 0 Å². The van der Waals surface area contributed by atoms with Crippen LogP contribution in [-0.2, 0) is 6.54 Å². The van der Waals surface area contributed by atoms with E-state index in [9.17, 15) is 9.90 Å². The number of aromatic nitrogens is 2. The molecule has 2 rings (SSSR count). The molecule has 7 heteroatoms. The van der Waals surface area contributed by atoms with Gasteiger partial charge in [0.05, 0.1) is 10.7 Å². The van der Waals surface area contributed by atoms with Crippen molar-refractivity contribution in [2.75, 3.05) is 0 Å². The maximum absolute atomic E-state index is 11.8. The summed E-state index contributed by atoms with van der Waals surface area (Å²) in [7, 11) is 0. The van der Waals surface area contributed by atoms with E-state index in [2.05, 4.69) is 5.10 Å². The lowest BCUT2D eigenvalue weighted by atomic mass is 10.3. The molecule has 5 nitrogen and oxygen atoms in total. The van der Waals surface area contributed by atoms with Crippen molar-refractivity contribution in [3.63, 3.8) is 0 Å². The highest BCUT2D eigenvalue weighted by molar-refractivity contribution is 6.35. The summed E-state index contributed by atoms with van der Waals surface area (Å²) in [6, 6.07) is 5.70. The largest absolute Gasteiger partial charge is 0.506 e. The van der Waals surface area contributed by atoms with Gasteiger partial charge in [0.25, 0.3) is 5.56 Å². The Kier molecular flexibility index (Phi) is 3.56. The van der Waals surface area contributed by atoms with Crippen LogP contribution in [0.5, 0.6) is 5.75 Å². The first kappa shape index (κ1) is 12.9. The summed E-state index contributed by atoms with van der Waals surface area (Å²) in [5.41, 5.74) is 5.50. The van der Waals surface area contributed by atoms with E-state index in [0.29, 0.717) is 10.7 Å². The Balaban J connectivity index is 2.67. The predicted molar refractivity (Wildman–Crippen MR) is 69.4 cm³/mol. The third kappa shape index (κ3) is 2.33. The van der Waals surface area contributed by atoms with Gasteiger partial charge in [-0.25, -0.2) is 0 Å². The van der Waals surface area contributed by atoms with E-state index in [1.807, 2.05) is 0 Å². The van der Waals surface area contributed by atoms with Crippen molar-refractivity contribution in [1.82, 2.24) is 9.78 Å². The van der Waals surface area contributed by atoms with Gasteiger partial charge in [0, 0.05) is 17.6 Å². The molecular weight excluding hydrogens is 277 g/mol. The van der Waals surface area contributed by atoms with E-state index in [-0.39, 0.29) is 23.0 Å². The maximum atomic E-state index is 11.8. The summed E-state index contributed by atoms with van der Waals surface area (Å²) in [4.78, 5) is 11.8. The highest BCUT2D eigenvalue weighted by Crippen LogP contribution is 2.23. The van der Waals surface area contributed by atoms with Crippen molar-refractivity contribution < 1.29 is 5.11 Å². The highest BCUT2D eigenvalue weighted by atomic mass is 35.5. The minimum absolute atomic E-state index is 0.0112. The molecule has 0 bridgehead atoms. The molecule has 3 N–H and O–H groups in total. The Labute approximate surface area is 112 Å². The van der Waals surface area contributed by atoms with Gasteiger partial charge in [-0.3, -0.25) is 4.79 Å². The van der Waals surface area contributed by atoms with Gasteiger partial charge in [0.1, 0.15) is 11.4 Å². The average molecular weight is 286 g/mol. The normalized spacial score (nSPS) is 10.6. The van der Waals surface area contributed by atoms with Crippen LogP contribution in [-0.4, -0.2) is 14.9 Å². The molecule has 0 unspecified atom stereocenters. The highest BCUT2D eigenvalue weighted by Gasteiger charge is 2.11. The predicted octanol–water partition coefficient (Wildman–Crippen LogP) is 1.70. The van der Waals surface area contributed by atoms with Gasteiger partial charge in [0.2, 0.25) is 0 Å². The van der Waals surface area contributed by atoms with Crippen LogP contribution in [0.15, 0.2) is 29.1 Å². The molecule has 1 heterocycles. The van der Waals surface area contributed by atoms with Crippen molar-refractivity contribution in [2.45, 2.75) is 6.54 Å². The third-order valence-corrected chi connectivity index (χ3v) is 2.85. The number of benzene rings is 1. The first-order valence-corrected chi connectivity index (χ1v) is 5.76. The van der Waals surface area contributed by atoms with E-state index in [1.165, 1.54) is 6.07 Å². The molecule has 18 heavy (non-hydrogen) atoms. The lowest BCUT2D eigenvalue weighted by molar-refractivity contribution is 0.457. The zero-order chi connectivity index (χ0) is 13.3. The van der Waals surface area contributed by atoms with Crippen LogP contribution in [0, 0.1) is 0 Å². The molecule has 2 aromatic rings. The van der Waals surface area contributed by atoms with Crippen LogP contribution < -0.4 is 11.3 Å². The van der Waals surface area contributed by atoms with Gasteiger partial charge in [-0.15, -0.1) is 0 Å². The molecule has 94 valence electrons. The Morgan fingerprint density at radius 1 is 1.33 bits per heavy atom. The van der Waals surface area contributed by atoms with Crippen molar-refractivity contribution >= 4 is 23.2 Å². The topological polar surface area (TPSA) is 81.1 Å². The summed E-state index contributed by atoms with van der Waals surface area (Å²) in [6.07, 6.45) is 0. The van der Waals surface area contributed by atoms with Crippen LogP contribution >= 0.6 is 23.2 Å². The molecule has 0 atom stereocenters. The molecule has 1 aromatic heterocycles. The molecule has 0 aliphatic heterocycles. The van der Waals surface area contributed by atoms with Crippen LogP contribution in [0.3, 0.4) is 0 Å². The lowest BCUT2D eigenvalue weighted by Crippen LogP contribution is -2.22. The third-order valence-electron chi connectivity index (χ3n) is 2.32. The summed E-state index contributed by atoms with van der Waals surface area (Å²) in [5, 5.41) is 14.2. The second-order valence-electron chi connectivity index (χ2n) is 3.53. The fourth-order valence-electron chi connectivity index (χ4n) is 1.45. The Hall–Kier alpha value is -1.56. The molecule has 0 aliphatic rings. The molecule has 1 aromatic carbocycles. The number of halogens is 2. The molecule has 0 saturated heterocycles. The number of nitrogens with two attached hydrogens (primary N) is 1. The number of rotatable bonds is 2. The molecule has 0 fully saturated rings. The maximum Gasteiger partial charge on any atom is 0.275 e. The quantitative estimate of drug-likeness (QED) is 0.880. The van der Waals surface area contributed by atoms with Gasteiger partial charge >= 0.3 is 0 Å². The van der Waals surface area contributed by atoms with E-state index >= 15 is 0 Å². The molecule has 0 radical (unpaired) electrons. The first-order valence-electron chi connectivity index (χ1n) is 5.00. The van der Waals surface area contributed by atoms with E-state index in [1.54, 1.807) is 12.1 Å². The summed E-state index contributed by atoms with van der Waals surface area (Å²) in [5.74, 6) is -0.233. The first-order chi connectivity index (χ1) is 8.52. The number of nitrogens with zero attached hydrogens (tertiary/aromatic N) is 2. The van der Waals surface area contributed by atoms with Crippen LogP contribution in [0.1, 0.15) is 5.69 Å². The van der Waals surface area contributed by atoms with Crippen LogP contribution in [0.2, 0.25) is 10.0 Å². The second kappa shape index (κ2) is 4.97. The van der Waals surface area contributed by atoms with Crippen molar-refractivity contribution in [3.8, 4) is 11.4 Å². The molecule has 0 aliphatic carbocycles. The molecule has 0 spiro atoms. The standard InChI is InChI=1S/C11H9Cl2N3O2/c12-6-1-2-9(7(13)3-6)16-11(18)4-10(17)8(5-14)15-16/h1-4,17H,5,14H2. The Morgan fingerprint density at radius 2 is 2.06 bits per heavy atom. The minimum atomic E-state index is -0.506. The Morgan fingerprint density at radius 3 is 2.67 bits per heavy atom. The Bertz CT molecular complexity index is 655. The van der Waals surface area contributed by atoms with E-state index in [4.69, 9.17) is 28.9 Å². The zero-order valence-corrected chi connectivity index (χ0v) is 10.6. The molecule has 0 saturated carbocycles. The fraction of sp³-hybridized carbons (Fsp3) is 0.0909. The monoisotopic (exact) mass is 285 g/mol. The fourth-order valence-corrected chi connectivity index (χ4v) is 1.94. The average Bonchev–Trinajstić information content (AvgIpc) is 2.30. The van der Waals surface area contributed by atoms with Crippen molar-refractivity contribution in [2.24, 2.45) is 5.73 Å². The van der Waals surface area contributed by atoms with E-state index in [0.717, 1.165) is 10.7 Å². The summed E-state index contributed by atoms with van der Waals surface area (Å²) >= 11 is 11.8. The number of hydrogen-bond acceptors (Lipinski definition) is 4.